The van der Waals surface area contributed by atoms with E-state index in [0.717, 1.165) is 25.9 Å². The first-order valence-electron chi connectivity index (χ1n) is 11.1. The summed E-state index contributed by atoms with van der Waals surface area (Å²) in [7, 11) is 0. The molecule has 1 saturated carbocycles. The van der Waals surface area contributed by atoms with Gasteiger partial charge in [-0.25, -0.2) is 4.98 Å². The van der Waals surface area contributed by atoms with Gasteiger partial charge in [-0.15, -0.1) is 0 Å². The van der Waals surface area contributed by atoms with Crippen molar-refractivity contribution in [3.63, 3.8) is 0 Å². The average Bonchev–Trinajstić information content (AvgIpc) is 2.73. The number of aromatic nitrogens is 1. The maximum absolute atomic E-state index is 6.22. The van der Waals surface area contributed by atoms with Gasteiger partial charge in [0.1, 0.15) is 5.15 Å². The molecule has 1 aliphatic heterocycles. The summed E-state index contributed by atoms with van der Waals surface area (Å²) < 4.78 is 0. The Balaban J connectivity index is 0.00000117. The van der Waals surface area contributed by atoms with Crippen molar-refractivity contribution in [1.82, 2.24) is 9.88 Å². The normalized spacial score (nSPS) is 15.4. The maximum Gasteiger partial charge on any atom is 0.129 e. The Bertz CT molecular complexity index is 838. The third-order valence-electron chi connectivity index (χ3n) is 5.93. The fourth-order valence-electron chi connectivity index (χ4n) is 4.26. The standard InChI is InChI=1S/C23H28ClN3.C2H6/c24-22-14-21-20(16-26-22)11-13-27(23(21)18-9-5-10-18)12-4-3-7-17-6-1-2-8-19(17)15-25;1-2/h1-2,6,8,14,16H,3-5,7,9-13,15,25H2;1-2H3. The van der Waals surface area contributed by atoms with Crippen molar-refractivity contribution in [2.24, 2.45) is 5.73 Å². The molecule has 2 aromatic rings. The van der Waals surface area contributed by atoms with Crippen molar-refractivity contribution >= 4 is 17.3 Å². The lowest BCUT2D eigenvalue weighted by molar-refractivity contribution is 0.370. The summed E-state index contributed by atoms with van der Waals surface area (Å²) in [5.74, 6) is 0. The van der Waals surface area contributed by atoms with Crippen LogP contribution < -0.4 is 5.73 Å². The first kappa shape index (κ1) is 21.9. The van der Waals surface area contributed by atoms with Crippen LogP contribution in [0.4, 0.5) is 0 Å². The summed E-state index contributed by atoms with van der Waals surface area (Å²) in [6.07, 6.45) is 10.3. The molecule has 0 bridgehead atoms. The fraction of sp³-hybridized carbons (Fsp3) is 0.480. The number of halogens is 1. The van der Waals surface area contributed by atoms with Crippen LogP contribution in [0.5, 0.6) is 0 Å². The SMILES string of the molecule is CC.NCc1ccccc1CCCCN1CCc2cnc(Cl)cc2C1=C1CCC1. The summed E-state index contributed by atoms with van der Waals surface area (Å²) in [5, 5.41) is 0.603. The monoisotopic (exact) mass is 411 g/mol. The van der Waals surface area contributed by atoms with Crippen LogP contribution in [0.2, 0.25) is 5.15 Å². The first-order chi connectivity index (χ1) is 14.3. The highest BCUT2D eigenvalue weighted by Gasteiger charge is 2.26. The van der Waals surface area contributed by atoms with E-state index in [9.17, 15) is 0 Å². The molecule has 4 rings (SSSR count). The Morgan fingerprint density at radius 3 is 2.52 bits per heavy atom. The van der Waals surface area contributed by atoms with Crippen LogP contribution in [0.3, 0.4) is 0 Å². The third kappa shape index (κ3) is 5.21. The molecule has 156 valence electrons. The van der Waals surface area contributed by atoms with E-state index < -0.39 is 0 Å². The Hall–Kier alpha value is -1.84. The van der Waals surface area contributed by atoms with Crippen molar-refractivity contribution in [3.05, 3.63) is 69.5 Å². The molecule has 2 N–H and O–H groups in total. The fourth-order valence-corrected chi connectivity index (χ4v) is 4.42. The van der Waals surface area contributed by atoms with Crippen LogP contribution in [0, 0.1) is 0 Å². The number of hydrogen-bond acceptors (Lipinski definition) is 3. The number of aryl methyl sites for hydroxylation is 1. The molecule has 0 spiro atoms. The number of pyridine rings is 1. The number of unbranched alkanes of at least 4 members (excludes halogenated alkanes) is 1. The zero-order valence-corrected chi connectivity index (χ0v) is 18.6. The molecule has 2 aliphatic rings. The van der Waals surface area contributed by atoms with Crippen LogP contribution >= 0.6 is 11.6 Å². The summed E-state index contributed by atoms with van der Waals surface area (Å²) in [4.78, 5) is 6.89. The van der Waals surface area contributed by atoms with Gasteiger partial charge in [0.25, 0.3) is 0 Å². The van der Waals surface area contributed by atoms with Crippen molar-refractivity contribution in [3.8, 4) is 0 Å². The van der Waals surface area contributed by atoms with E-state index in [1.54, 1.807) is 5.57 Å². The predicted molar refractivity (Wildman–Crippen MR) is 124 cm³/mol. The maximum atomic E-state index is 6.22. The second kappa shape index (κ2) is 10.8. The van der Waals surface area contributed by atoms with Gasteiger partial charge in [0, 0.05) is 37.1 Å². The molecule has 0 radical (unpaired) electrons. The van der Waals surface area contributed by atoms with E-state index in [1.165, 1.54) is 60.1 Å². The van der Waals surface area contributed by atoms with Crippen LogP contribution in [0.15, 0.2) is 42.1 Å². The Morgan fingerprint density at radius 1 is 1.07 bits per heavy atom. The lowest BCUT2D eigenvalue weighted by atomic mass is 9.85. The van der Waals surface area contributed by atoms with Crippen LogP contribution in [-0.2, 0) is 19.4 Å². The summed E-state index contributed by atoms with van der Waals surface area (Å²) in [6, 6.07) is 10.6. The van der Waals surface area contributed by atoms with E-state index in [1.807, 2.05) is 20.0 Å². The molecule has 3 nitrogen and oxygen atoms in total. The molecular formula is C25H34ClN3. The Kier molecular flexibility index (Phi) is 8.14. The van der Waals surface area contributed by atoms with Gasteiger partial charge in [-0.2, -0.15) is 0 Å². The smallest absolute Gasteiger partial charge is 0.129 e. The molecule has 0 saturated heterocycles. The molecule has 1 aromatic heterocycles. The molecule has 4 heteroatoms. The van der Waals surface area contributed by atoms with Crippen molar-refractivity contribution in [1.29, 1.82) is 0 Å². The van der Waals surface area contributed by atoms with Gasteiger partial charge in [0.15, 0.2) is 0 Å². The second-order valence-electron chi connectivity index (χ2n) is 7.64. The van der Waals surface area contributed by atoms with Gasteiger partial charge >= 0.3 is 0 Å². The van der Waals surface area contributed by atoms with Crippen molar-refractivity contribution in [2.45, 2.75) is 65.3 Å². The highest BCUT2D eigenvalue weighted by molar-refractivity contribution is 6.29. The summed E-state index contributed by atoms with van der Waals surface area (Å²) in [6.45, 7) is 6.83. The molecule has 0 amide bonds. The summed E-state index contributed by atoms with van der Waals surface area (Å²) >= 11 is 6.22. The van der Waals surface area contributed by atoms with Gasteiger partial charge in [0.2, 0.25) is 0 Å². The van der Waals surface area contributed by atoms with Crippen LogP contribution in [-0.4, -0.2) is 23.0 Å². The topological polar surface area (TPSA) is 42.1 Å². The molecule has 1 fully saturated rings. The van der Waals surface area contributed by atoms with Gasteiger partial charge in [-0.3, -0.25) is 0 Å². The second-order valence-corrected chi connectivity index (χ2v) is 8.02. The van der Waals surface area contributed by atoms with E-state index >= 15 is 0 Å². The van der Waals surface area contributed by atoms with E-state index in [0.29, 0.717) is 11.7 Å². The average molecular weight is 412 g/mol. The molecular weight excluding hydrogens is 378 g/mol. The number of fused-ring (bicyclic) bond motifs is 1. The highest BCUT2D eigenvalue weighted by Crippen LogP contribution is 2.39. The van der Waals surface area contributed by atoms with Gasteiger partial charge in [-0.1, -0.05) is 49.7 Å². The quantitative estimate of drug-likeness (QED) is 0.468. The molecule has 1 aliphatic carbocycles. The Morgan fingerprint density at radius 2 is 1.83 bits per heavy atom. The lowest BCUT2D eigenvalue weighted by Gasteiger charge is -2.37. The Labute approximate surface area is 181 Å². The van der Waals surface area contributed by atoms with Crippen molar-refractivity contribution < 1.29 is 0 Å². The molecule has 1 aromatic carbocycles. The van der Waals surface area contributed by atoms with E-state index in [4.69, 9.17) is 17.3 Å². The molecule has 0 atom stereocenters. The highest BCUT2D eigenvalue weighted by atomic mass is 35.5. The number of allylic oxidation sites excluding steroid dienone is 1. The third-order valence-corrected chi connectivity index (χ3v) is 6.14. The van der Waals surface area contributed by atoms with Crippen LogP contribution in [0.1, 0.15) is 68.2 Å². The predicted octanol–water partition coefficient (Wildman–Crippen LogP) is 6.00. The molecule has 0 unspecified atom stereocenters. The van der Waals surface area contributed by atoms with Gasteiger partial charge in [0.05, 0.1) is 0 Å². The summed E-state index contributed by atoms with van der Waals surface area (Å²) in [5.41, 5.74) is 14.3. The first-order valence-corrected chi connectivity index (χ1v) is 11.5. The zero-order chi connectivity index (χ0) is 20.6. The largest absolute Gasteiger partial charge is 0.371 e. The lowest BCUT2D eigenvalue weighted by Crippen LogP contribution is -2.32. The van der Waals surface area contributed by atoms with Gasteiger partial charge < -0.3 is 10.6 Å². The molecule has 2 heterocycles. The van der Waals surface area contributed by atoms with E-state index in [2.05, 4.69) is 40.2 Å². The number of rotatable bonds is 6. The number of hydrogen-bond donors (Lipinski definition) is 1. The van der Waals surface area contributed by atoms with Crippen molar-refractivity contribution in [2.75, 3.05) is 13.1 Å². The minimum Gasteiger partial charge on any atom is -0.371 e. The van der Waals surface area contributed by atoms with E-state index in [-0.39, 0.29) is 0 Å². The number of nitrogens with two attached hydrogens (primary N) is 1. The molecule has 29 heavy (non-hydrogen) atoms. The zero-order valence-electron chi connectivity index (χ0n) is 17.9. The number of nitrogens with zero attached hydrogens (tertiary/aromatic N) is 2. The van der Waals surface area contributed by atoms with Gasteiger partial charge in [-0.05, 0) is 73.3 Å². The minimum atomic E-state index is 0.603. The number of benzene rings is 1. The van der Waals surface area contributed by atoms with Crippen LogP contribution in [0.25, 0.3) is 5.70 Å². The minimum absolute atomic E-state index is 0.603.